The van der Waals surface area contributed by atoms with E-state index in [1.165, 1.54) is 37.7 Å². The highest BCUT2D eigenvalue weighted by molar-refractivity contribution is 6.36. The van der Waals surface area contributed by atoms with Gasteiger partial charge in [-0.25, -0.2) is 0 Å². The van der Waals surface area contributed by atoms with Gasteiger partial charge in [-0.2, -0.15) is 0 Å². The first-order valence-corrected chi connectivity index (χ1v) is 11.2. The Morgan fingerprint density at radius 2 is 1.89 bits per heavy atom. The van der Waals surface area contributed by atoms with Crippen molar-refractivity contribution in [3.63, 3.8) is 0 Å². The van der Waals surface area contributed by atoms with E-state index < -0.39 is 0 Å². The molecule has 150 valence electrons. The van der Waals surface area contributed by atoms with Crippen molar-refractivity contribution in [1.82, 2.24) is 9.88 Å². The molecule has 1 aliphatic carbocycles. The zero-order valence-corrected chi connectivity index (χ0v) is 17.4. The molecule has 0 N–H and O–H groups in total. The highest BCUT2D eigenvalue weighted by Crippen LogP contribution is 2.39. The van der Waals surface area contributed by atoms with Crippen molar-refractivity contribution in [2.24, 2.45) is 0 Å². The molecule has 3 aliphatic rings. The molecule has 0 radical (unpaired) electrons. The number of piperidine rings is 1. The van der Waals surface area contributed by atoms with E-state index in [0.29, 0.717) is 6.61 Å². The van der Waals surface area contributed by atoms with Gasteiger partial charge in [-0.15, -0.1) is 0 Å². The normalized spacial score (nSPS) is 23.9. The van der Waals surface area contributed by atoms with Crippen molar-refractivity contribution in [2.45, 2.75) is 69.9 Å². The monoisotopic (exact) mass is 400 g/mol. The van der Waals surface area contributed by atoms with Crippen LogP contribution in [0.5, 0.6) is 11.5 Å². The van der Waals surface area contributed by atoms with Gasteiger partial charge in [0.05, 0.1) is 24.3 Å². The number of aryl methyl sites for hydroxylation is 1. The first-order valence-electron chi connectivity index (χ1n) is 10.8. The minimum absolute atomic E-state index is 0.705. The molecule has 0 saturated carbocycles. The van der Waals surface area contributed by atoms with Gasteiger partial charge in [-0.05, 0) is 63.0 Å². The van der Waals surface area contributed by atoms with E-state index in [9.17, 15) is 0 Å². The average Bonchev–Trinajstić information content (AvgIpc) is 3.26. The molecule has 2 atom stereocenters. The van der Waals surface area contributed by atoms with Crippen LogP contribution in [0, 0.1) is 0 Å². The number of benzene rings is 1. The van der Waals surface area contributed by atoms with Crippen LogP contribution in [0.4, 0.5) is 0 Å². The molecule has 0 spiro atoms. The number of nitrogens with zero attached hydrogens (tertiary/aromatic N) is 2. The van der Waals surface area contributed by atoms with Crippen LogP contribution in [0.25, 0.3) is 10.9 Å². The van der Waals surface area contributed by atoms with Crippen LogP contribution in [0.15, 0.2) is 12.1 Å². The van der Waals surface area contributed by atoms with Crippen molar-refractivity contribution < 1.29 is 9.47 Å². The lowest BCUT2D eigenvalue weighted by Gasteiger charge is -2.34. The molecule has 28 heavy (non-hydrogen) atoms. The number of hydrogen-bond acceptors (Lipinski definition) is 4. The fourth-order valence-electron chi connectivity index (χ4n) is 5.50. The van der Waals surface area contributed by atoms with Gasteiger partial charge >= 0.3 is 0 Å². The second kappa shape index (κ2) is 7.72. The maximum Gasteiger partial charge on any atom is 0.163 e. The number of ether oxygens (including phenoxy) is 2. The first kappa shape index (κ1) is 18.5. The zero-order chi connectivity index (χ0) is 19.1. The third kappa shape index (κ3) is 3.25. The molecule has 2 fully saturated rings. The van der Waals surface area contributed by atoms with Crippen molar-refractivity contribution in [3.8, 4) is 11.5 Å². The van der Waals surface area contributed by atoms with Gasteiger partial charge in [0.2, 0.25) is 0 Å². The summed E-state index contributed by atoms with van der Waals surface area (Å²) in [5.74, 6) is 1.52. The fourth-order valence-corrected chi connectivity index (χ4v) is 5.86. The smallest absolute Gasteiger partial charge is 0.163 e. The lowest BCUT2D eigenvalue weighted by atomic mass is 10.0. The Labute approximate surface area is 172 Å². The van der Waals surface area contributed by atoms with Crippen LogP contribution in [-0.4, -0.2) is 42.2 Å². The topological polar surface area (TPSA) is 34.6 Å². The van der Waals surface area contributed by atoms with Crippen molar-refractivity contribution >= 4 is 22.5 Å². The fraction of sp³-hybridized carbons (Fsp3) is 0.609. The van der Waals surface area contributed by atoms with Crippen molar-refractivity contribution in [2.75, 3.05) is 20.3 Å². The molecule has 1 aromatic carbocycles. The number of halogens is 1. The van der Waals surface area contributed by atoms with Gasteiger partial charge in [0, 0.05) is 35.8 Å². The van der Waals surface area contributed by atoms with Crippen LogP contribution in [-0.2, 0) is 12.8 Å². The lowest BCUT2D eigenvalue weighted by Crippen LogP contribution is -2.40. The molecule has 2 aromatic rings. The van der Waals surface area contributed by atoms with Crippen LogP contribution >= 0.6 is 11.6 Å². The first-order chi connectivity index (χ1) is 13.7. The highest BCUT2D eigenvalue weighted by atomic mass is 35.5. The van der Waals surface area contributed by atoms with Crippen LogP contribution in [0.1, 0.15) is 56.2 Å². The van der Waals surface area contributed by atoms with E-state index in [1.807, 2.05) is 12.1 Å². The average molecular weight is 401 g/mol. The maximum atomic E-state index is 6.67. The molecule has 5 rings (SSSR count). The molecule has 4 nitrogen and oxygen atoms in total. The maximum absolute atomic E-state index is 6.67. The molecule has 1 aromatic heterocycles. The van der Waals surface area contributed by atoms with Crippen molar-refractivity contribution in [3.05, 3.63) is 28.4 Å². The molecule has 5 heteroatoms. The Morgan fingerprint density at radius 3 is 2.68 bits per heavy atom. The van der Waals surface area contributed by atoms with Gasteiger partial charge < -0.3 is 9.47 Å². The Bertz CT molecular complexity index is 869. The standard InChI is InChI=1S/C23H29ClN2O2/c1-27-21-13-18-20(25-19-8-3-7-17(19)23(18)24)14-22(21)28-12-4-11-26-15-5-2-6-16(26)10-9-15/h13-16H,2-12H2,1H3. The summed E-state index contributed by atoms with van der Waals surface area (Å²) in [5, 5.41) is 1.80. The van der Waals surface area contributed by atoms with Crippen LogP contribution in [0.3, 0.4) is 0 Å². The molecule has 0 amide bonds. The third-order valence-electron chi connectivity index (χ3n) is 6.89. The predicted molar refractivity (Wildman–Crippen MR) is 113 cm³/mol. The second-order valence-electron chi connectivity index (χ2n) is 8.48. The quantitative estimate of drug-likeness (QED) is 0.626. The van der Waals surface area contributed by atoms with Crippen molar-refractivity contribution in [1.29, 1.82) is 0 Å². The largest absolute Gasteiger partial charge is 0.493 e. The SMILES string of the molecule is COc1cc2c(Cl)c3c(nc2cc1OCCCN1C2CCCC1CC2)CCC3. The zero-order valence-electron chi connectivity index (χ0n) is 16.7. The summed E-state index contributed by atoms with van der Waals surface area (Å²) in [5.41, 5.74) is 3.27. The number of rotatable bonds is 6. The van der Waals surface area contributed by atoms with E-state index in [1.54, 1.807) is 7.11 Å². The van der Waals surface area contributed by atoms with E-state index in [0.717, 1.165) is 77.4 Å². The Hall–Kier alpha value is -1.52. The van der Waals surface area contributed by atoms with Gasteiger partial charge in [0.25, 0.3) is 0 Å². The molecule has 2 unspecified atom stereocenters. The Kier molecular flexibility index (Phi) is 5.10. The molecular formula is C23H29ClN2O2. The van der Waals surface area contributed by atoms with Crippen LogP contribution < -0.4 is 9.47 Å². The molecule has 3 heterocycles. The van der Waals surface area contributed by atoms with E-state index in [4.69, 9.17) is 26.1 Å². The second-order valence-corrected chi connectivity index (χ2v) is 8.86. The van der Waals surface area contributed by atoms with Gasteiger partial charge in [0.15, 0.2) is 11.5 Å². The summed E-state index contributed by atoms with van der Waals surface area (Å²) in [6.45, 7) is 1.85. The van der Waals surface area contributed by atoms with E-state index >= 15 is 0 Å². The summed E-state index contributed by atoms with van der Waals surface area (Å²) in [7, 11) is 1.69. The van der Waals surface area contributed by atoms with Crippen LogP contribution in [0.2, 0.25) is 5.02 Å². The number of aromatic nitrogens is 1. The summed E-state index contributed by atoms with van der Waals surface area (Å²) in [6, 6.07) is 5.64. The predicted octanol–water partition coefficient (Wildman–Crippen LogP) is 5.17. The van der Waals surface area contributed by atoms with E-state index in [-0.39, 0.29) is 0 Å². The summed E-state index contributed by atoms with van der Waals surface area (Å²) >= 11 is 6.67. The molecule has 2 aliphatic heterocycles. The molecular weight excluding hydrogens is 372 g/mol. The highest BCUT2D eigenvalue weighted by Gasteiger charge is 2.35. The lowest BCUT2D eigenvalue weighted by molar-refractivity contribution is 0.130. The molecule has 2 saturated heterocycles. The molecule has 2 bridgehead atoms. The number of fused-ring (bicyclic) bond motifs is 4. The van der Waals surface area contributed by atoms with Gasteiger partial charge in [-0.3, -0.25) is 9.88 Å². The van der Waals surface area contributed by atoms with Gasteiger partial charge in [-0.1, -0.05) is 18.0 Å². The summed E-state index contributed by atoms with van der Waals surface area (Å²) < 4.78 is 11.7. The number of pyridine rings is 1. The Balaban J connectivity index is 1.29. The van der Waals surface area contributed by atoms with Gasteiger partial charge in [0.1, 0.15) is 0 Å². The summed E-state index contributed by atoms with van der Waals surface area (Å²) in [6.07, 6.45) is 11.2. The number of hydrogen-bond donors (Lipinski definition) is 0. The Morgan fingerprint density at radius 1 is 1.07 bits per heavy atom. The summed E-state index contributed by atoms with van der Waals surface area (Å²) in [4.78, 5) is 7.59. The third-order valence-corrected chi connectivity index (χ3v) is 7.32. The minimum atomic E-state index is 0.705. The van der Waals surface area contributed by atoms with E-state index in [2.05, 4.69) is 4.90 Å². The number of methoxy groups -OCH3 is 1. The minimum Gasteiger partial charge on any atom is -0.493 e.